The highest BCUT2D eigenvalue weighted by Gasteiger charge is 2.19. The van der Waals surface area contributed by atoms with Crippen molar-refractivity contribution < 1.29 is 9.32 Å². The molecule has 2 rings (SSSR count). The first-order valence-corrected chi connectivity index (χ1v) is 4.70. The summed E-state index contributed by atoms with van der Waals surface area (Å²) < 4.78 is 4.82. The van der Waals surface area contributed by atoms with Crippen LogP contribution < -0.4 is 10.6 Å². The fourth-order valence-corrected chi connectivity index (χ4v) is 1.56. The Balaban J connectivity index is 1.98. The predicted molar refractivity (Wildman–Crippen MR) is 50.0 cm³/mol. The van der Waals surface area contributed by atoms with Crippen LogP contribution in [0.3, 0.4) is 0 Å². The Kier molecular flexibility index (Phi) is 2.49. The average molecular weight is 195 g/mol. The third kappa shape index (κ3) is 1.77. The van der Waals surface area contributed by atoms with Crippen LogP contribution in [0.4, 0.5) is 0 Å². The lowest BCUT2D eigenvalue weighted by Crippen LogP contribution is -2.36. The van der Waals surface area contributed by atoms with E-state index in [2.05, 4.69) is 15.8 Å². The summed E-state index contributed by atoms with van der Waals surface area (Å²) >= 11 is 0. The molecule has 2 heterocycles. The SMILES string of the molecule is Cc1oncc1C(=O)N[C@@H]1CCNC1. The van der Waals surface area contributed by atoms with E-state index in [4.69, 9.17) is 4.52 Å². The van der Waals surface area contributed by atoms with E-state index >= 15 is 0 Å². The molecule has 1 aromatic heterocycles. The minimum atomic E-state index is -0.0996. The maximum Gasteiger partial charge on any atom is 0.256 e. The van der Waals surface area contributed by atoms with E-state index in [1.807, 2.05) is 0 Å². The Morgan fingerprint density at radius 2 is 2.64 bits per heavy atom. The van der Waals surface area contributed by atoms with Gasteiger partial charge in [0.05, 0.1) is 6.20 Å². The Morgan fingerprint density at radius 1 is 1.79 bits per heavy atom. The predicted octanol–water partition coefficient (Wildman–Crippen LogP) is 0.0747. The number of carbonyl (C=O) groups excluding carboxylic acids is 1. The van der Waals surface area contributed by atoms with Crippen LogP contribution in [0, 0.1) is 6.92 Å². The maximum absolute atomic E-state index is 11.6. The van der Waals surface area contributed by atoms with E-state index in [0.29, 0.717) is 11.3 Å². The van der Waals surface area contributed by atoms with Gasteiger partial charge in [0.25, 0.3) is 5.91 Å². The van der Waals surface area contributed by atoms with Crippen molar-refractivity contribution >= 4 is 5.91 Å². The molecule has 2 N–H and O–H groups in total. The van der Waals surface area contributed by atoms with E-state index in [-0.39, 0.29) is 11.9 Å². The van der Waals surface area contributed by atoms with E-state index in [0.717, 1.165) is 19.5 Å². The van der Waals surface area contributed by atoms with Gasteiger partial charge in [-0.3, -0.25) is 4.79 Å². The van der Waals surface area contributed by atoms with Gasteiger partial charge in [-0.15, -0.1) is 0 Å². The van der Waals surface area contributed by atoms with Gasteiger partial charge in [0.2, 0.25) is 0 Å². The molecule has 1 atom stereocenters. The summed E-state index contributed by atoms with van der Waals surface area (Å²) in [6.07, 6.45) is 2.43. The van der Waals surface area contributed by atoms with Crippen LogP contribution in [0.15, 0.2) is 10.7 Å². The monoisotopic (exact) mass is 195 g/mol. The van der Waals surface area contributed by atoms with Crippen molar-refractivity contribution in [2.45, 2.75) is 19.4 Å². The van der Waals surface area contributed by atoms with Crippen LogP contribution in [0.1, 0.15) is 22.5 Å². The van der Waals surface area contributed by atoms with Crippen LogP contribution in [0.5, 0.6) is 0 Å². The summed E-state index contributed by atoms with van der Waals surface area (Å²) in [6.45, 7) is 3.54. The molecule has 0 bridgehead atoms. The summed E-state index contributed by atoms with van der Waals surface area (Å²) in [4.78, 5) is 11.6. The zero-order valence-electron chi connectivity index (χ0n) is 8.04. The molecule has 0 radical (unpaired) electrons. The summed E-state index contributed by atoms with van der Waals surface area (Å²) in [6, 6.07) is 0.233. The second kappa shape index (κ2) is 3.79. The largest absolute Gasteiger partial charge is 0.361 e. The number of nitrogens with one attached hydrogen (secondary N) is 2. The van der Waals surface area contributed by atoms with E-state index in [1.165, 1.54) is 6.20 Å². The second-order valence-corrected chi connectivity index (χ2v) is 3.46. The highest BCUT2D eigenvalue weighted by molar-refractivity contribution is 5.94. The second-order valence-electron chi connectivity index (χ2n) is 3.46. The Morgan fingerprint density at radius 3 is 3.21 bits per heavy atom. The lowest BCUT2D eigenvalue weighted by molar-refractivity contribution is 0.0938. The lowest BCUT2D eigenvalue weighted by Gasteiger charge is -2.09. The van der Waals surface area contributed by atoms with Crippen LogP contribution >= 0.6 is 0 Å². The van der Waals surface area contributed by atoms with Crippen molar-refractivity contribution in [3.8, 4) is 0 Å². The van der Waals surface area contributed by atoms with E-state index < -0.39 is 0 Å². The maximum atomic E-state index is 11.6. The minimum absolute atomic E-state index is 0.0996. The van der Waals surface area contributed by atoms with Gasteiger partial charge in [0.15, 0.2) is 0 Å². The molecule has 1 aliphatic heterocycles. The molecular weight excluding hydrogens is 182 g/mol. The molecular formula is C9H13N3O2. The van der Waals surface area contributed by atoms with Gasteiger partial charge >= 0.3 is 0 Å². The molecule has 0 aliphatic carbocycles. The standard InChI is InChI=1S/C9H13N3O2/c1-6-8(5-11-14-6)9(13)12-7-2-3-10-4-7/h5,7,10H,2-4H2,1H3,(H,12,13)/t7-/m1/s1. The molecule has 1 aromatic rings. The van der Waals surface area contributed by atoms with Crippen molar-refractivity contribution in [3.05, 3.63) is 17.5 Å². The lowest BCUT2D eigenvalue weighted by atomic mass is 10.2. The molecule has 1 fully saturated rings. The van der Waals surface area contributed by atoms with Crippen LogP contribution in [0.25, 0.3) is 0 Å². The first kappa shape index (κ1) is 9.21. The number of aromatic nitrogens is 1. The molecule has 5 heteroatoms. The topological polar surface area (TPSA) is 67.2 Å². The summed E-state index contributed by atoms with van der Waals surface area (Å²) in [5, 5.41) is 9.67. The first-order valence-electron chi connectivity index (χ1n) is 4.70. The third-order valence-electron chi connectivity index (χ3n) is 2.39. The molecule has 1 saturated heterocycles. The molecule has 76 valence electrons. The van der Waals surface area contributed by atoms with E-state index in [9.17, 15) is 4.79 Å². The van der Waals surface area contributed by atoms with Gasteiger partial charge in [-0.05, 0) is 19.9 Å². The Labute approximate surface area is 81.8 Å². The van der Waals surface area contributed by atoms with Crippen LogP contribution in [-0.2, 0) is 0 Å². The smallest absolute Gasteiger partial charge is 0.256 e. The van der Waals surface area contributed by atoms with Gasteiger partial charge in [0.1, 0.15) is 11.3 Å². The quantitative estimate of drug-likeness (QED) is 0.701. The molecule has 0 saturated carbocycles. The number of aryl methyl sites for hydroxylation is 1. The van der Waals surface area contributed by atoms with Crippen LogP contribution in [0.2, 0.25) is 0 Å². The van der Waals surface area contributed by atoms with Gasteiger partial charge in [-0.2, -0.15) is 0 Å². The van der Waals surface area contributed by atoms with Crippen molar-refractivity contribution in [2.75, 3.05) is 13.1 Å². The number of amides is 1. The number of rotatable bonds is 2. The molecule has 0 aromatic carbocycles. The molecule has 0 spiro atoms. The number of nitrogens with zero attached hydrogens (tertiary/aromatic N) is 1. The van der Waals surface area contributed by atoms with Gasteiger partial charge in [-0.1, -0.05) is 5.16 Å². The van der Waals surface area contributed by atoms with E-state index in [1.54, 1.807) is 6.92 Å². The molecule has 1 aliphatic rings. The molecule has 1 amide bonds. The average Bonchev–Trinajstić information content (AvgIpc) is 2.75. The van der Waals surface area contributed by atoms with Crippen molar-refractivity contribution in [2.24, 2.45) is 0 Å². The zero-order valence-corrected chi connectivity index (χ0v) is 8.04. The Hall–Kier alpha value is -1.36. The van der Waals surface area contributed by atoms with Gasteiger partial charge in [-0.25, -0.2) is 0 Å². The molecule has 5 nitrogen and oxygen atoms in total. The van der Waals surface area contributed by atoms with Crippen molar-refractivity contribution in [3.63, 3.8) is 0 Å². The fraction of sp³-hybridized carbons (Fsp3) is 0.556. The highest BCUT2D eigenvalue weighted by atomic mass is 16.5. The minimum Gasteiger partial charge on any atom is -0.361 e. The van der Waals surface area contributed by atoms with Gasteiger partial charge < -0.3 is 15.2 Å². The number of hydrogen-bond acceptors (Lipinski definition) is 4. The van der Waals surface area contributed by atoms with Gasteiger partial charge in [0, 0.05) is 12.6 Å². The normalized spacial score (nSPS) is 21.1. The Bertz CT molecular complexity index is 329. The van der Waals surface area contributed by atoms with Crippen LogP contribution in [-0.4, -0.2) is 30.2 Å². The summed E-state index contributed by atoms with van der Waals surface area (Å²) in [5.74, 6) is 0.464. The van der Waals surface area contributed by atoms with Crippen molar-refractivity contribution in [1.82, 2.24) is 15.8 Å². The number of carbonyl (C=O) groups is 1. The molecule has 0 unspecified atom stereocenters. The summed E-state index contributed by atoms with van der Waals surface area (Å²) in [7, 11) is 0. The highest BCUT2D eigenvalue weighted by Crippen LogP contribution is 2.07. The first-order chi connectivity index (χ1) is 6.77. The third-order valence-corrected chi connectivity index (χ3v) is 2.39. The summed E-state index contributed by atoms with van der Waals surface area (Å²) in [5.41, 5.74) is 0.525. The number of hydrogen-bond donors (Lipinski definition) is 2. The zero-order chi connectivity index (χ0) is 9.97. The fourth-order valence-electron chi connectivity index (χ4n) is 1.56. The van der Waals surface area contributed by atoms with Crippen molar-refractivity contribution in [1.29, 1.82) is 0 Å². The molecule has 14 heavy (non-hydrogen) atoms.